The smallest absolute Gasteiger partial charge is 0.00976 e. The van der Waals surface area contributed by atoms with E-state index in [0.717, 1.165) is 5.75 Å². The fourth-order valence-electron chi connectivity index (χ4n) is 0.223. The maximum Gasteiger partial charge on any atom is 0.00976 e. The van der Waals surface area contributed by atoms with Crippen LogP contribution in [0.3, 0.4) is 0 Å². The molecule has 0 spiro atoms. The summed E-state index contributed by atoms with van der Waals surface area (Å²) in [5, 5.41) is 1.87. The quantitative estimate of drug-likeness (QED) is 0.449. The molecule has 2 N–H and O–H groups in total. The summed E-state index contributed by atoms with van der Waals surface area (Å²) in [7, 11) is 0. The Bertz CT molecular complexity index is 102. The van der Waals surface area contributed by atoms with Gasteiger partial charge in [0.25, 0.3) is 0 Å². The van der Waals surface area contributed by atoms with Crippen molar-refractivity contribution in [3.8, 4) is 12.3 Å². The van der Waals surface area contributed by atoms with Gasteiger partial charge < -0.3 is 5.73 Å². The second-order valence-corrected chi connectivity index (χ2v) is 2.14. The van der Waals surface area contributed by atoms with E-state index in [1.165, 1.54) is 0 Å². The lowest BCUT2D eigenvalue weighted by molar-refractivity contribution is 1.15. The molecule has 0 aromatic rings. The second kappa shape index (κ2) is 6.61. The fraction of sp³-hybridized carbons (Fsp3) is 0.333. The molecule has 0 amide bonds. The molecule has 0 heterocycles. The summed E-state index contributed by atoms with van der Waals surface area (Å²) >= 11 is 1.63. The summed E-state index contributed by atoms with van der Waals surface area (Å²) in [4.78, 5) is 0. The van der Waals surface area contributed by atoms with Crippen LogP contribution in [-0.2, 0) is 0 Å². The molecule has 0 aliphatic rings. The Hall–Kier alpha value is -0.390. The van der Waals surface area contributed by atoms with Crippen molar-refractivity contribution < 1.29 is 0 Å². The van der Waals surface area contributed by atoms with Crippen molar-refractivity contribution in [1.82, 2.24) is 0 Å². The highest BCUT2D eigenvalue weighted by molar-refractivity contribution is 8.02. The van der Waals surface area contributed by atoms with Gasteiger partial charge in [-0.3, -0.25) is 0 Å². The minimum Gasteiger partial charge on any atom is -0.330 e. The Morgan fingerprint density at radius 3 is 3.00 bits per heavy atom. The van der Waals surface area contributed by atoms with Crippen LogP contribution in [0.15, 0.2) is 11.5 Å². The first kappa shape index (κ1) is 7.61. The maximum atomic E-state index is 5.20. The second-order valence-electron chi connectivity index (χ2n) is 1.13. The largest absolute Gasteiger partial charge is 0.330 e. The van der Waals surface area contributed by atoms with Crippen molar-refractivity contribution in [1.29, 1.82) is 0 Å². The number of hydrogen-bond acceptors (Lipinski definition) is 2. The molecule has 0 radical (unpaired) electrons. The number of rotatable bonds is 3. The minimum atomic E-state index is 0.708. The Morgan fingerprint density at radius 1 is 1.75 bits per heavy atom. The number of thioether (sulfide) groups is 1. The summed E-state index contributed by atoms with van der Waals surface area (Å²) in [6.45, 7) is 0.708. The fourth-order valence-corrected chi connectivity index (χ4v) is 0.670. The third-order valence-electron chi connectivity index (χ3n) is 0.496. The van der Waals surface area contributed by atoms with Crippen LogP contribution in [0, 0.1) is 12.3 Å². The van der Waals surface area contributed by atoms with Crippen molar-refractivity contribution in [2.24, 2.45) is 5.73 Å². The molecule has 0 fully saturated rings. The van der Waals surface area contributed by atoms with Crippen LogP contribution in [0.4, 0.5) is 0 Å². The zero-order valence-corrected chi connectivity index (χ0v) is 5.45. The SMILES string of the molecule is C#CC=CSCCN. The van der Waals surface area contributed by atoms with Crippen LogP contribution in [-0.4, -0.2) is 12.3 Å². The van der Waals surface area contributed by atoms with Crippen molar-refractivity contribution in [2.75, 3.05) is 12.3 Å². The molecule has 0 aromatic heterocycles. The Kier molecular flexibility index (Phi) is 6.29. The normalized spacial score (nSPS) is 9.50. The molecule has 2 heteroatoms. The van der Waals surface area contributed by atoms with E-state index >= 15 is 0 Å². The van der Waals surface area contributed by atoms with Gasteiger partial charge in [0.1, 0.15) is 0 Å². The van der Waals surface area contributed by atoms with E-state index in [2.05, 4.69) is 5.92 Å². The summed E-state index contributed by atoms with van der Waals surface area (Å²) in [6.07, 6.45) is 6.60. The summed E-state index contributed by atoms with van der Waals surface area (Å²) in [5.41, 5.74) is 5.20. The summed E-state index contributed by atoms with van der Waals surface area (Å²) < 4.78 is 0. The van der Waals surface area contributed by atoms with E-state index in [1.807, 2.05) is 5.41 Å². The van der Waals surface area contributed by atoms with Crippen molar-refractivity contribution in [2.45, 2.75) is 0 Å². The van der Waals surface area contributed by atoms with E-state index < -0.39 is 0 Å². The molecule has 0 rings (SSSR count). The Balaban J connectivity index is 2.94. The van der Waals surface area contributed by atoms with E-state index in [-0.39, 0.29) is 0 Å². The number of hydrogen-bond donors (Lipinski definition) is 1. The lowest BCUT2D eigenvalue weighted by Crippen LogP contribution is -1.99. The molecule has 1 nitrogen and oxygen atoms in total. The maximum absolute atomic E-state index is 5.20. The topological polar surface area (TPSA) is 26.0 Å². The molecule has 0 aliphatic carbocycles. The van der Waals surface area contributed by atoms with Gasteiger partial charge in [-0.15, -0.1) is 18.2 Å². The van der Waals surface area contributed by atoms with Gasteiger partial charge in [0.2, 0.25) is 0 Å². The van der Waals surface area contributed by atoms with Crippen LogP contribution in [0.2, 0.25) is 0 Å². The van der Waals surface area contributed by atoms with Crippen LogP contribution in [0.5, 0.6) is 0 Å². The van der Waals surface area contributed by atoms with Gasteiger partial charge in [-0.25, -0.2) is 0 Å². The van der Waals surface area contributed by atoms with E-state index in [9.17, 15) is 0 Å². The molecule has 0 saturated heterocycles. The molecule has 0 aliphatic heterocycles. The van der Waals surface area contributed by atoms with Gasteiger partial charge in [0.05, 0.1) is 0 Å². The lowest BCUT2D eigenvalue weighted by atomic mass is 10.7. The van der Waals surface area contributed by atoms with Gasteiger partial charge in [-0.05, 0) is 11.5 Å². The molecule has 44 valence electrons. The van der Waals surface area contributed by atoms with Gasteiger partial charge in [0.15, 0.2) is 0 Å². The molecule has 0 aromatic carbocycles. The Morgan fingerprint density at radius 2 is 2.50 bits per heavy atom. The molecule has 0 saturated carbocycles. The highest BCUT2D eigenvalue weighted by atomic mass is 32.2. The molecule has 0 unspecified atom stereocenters. The lowest BCUT2D eigenvalue weighted by Gasteiger charge is -1.84. The number of terminal acetylenes is 1. The first-order valence-corrected chi connectivity index (χ1v) is 3.39. The van der Waals surface area contributed by atoms with Gasteiger partial charge in [0, 0.05) is 12.3 Å². The zero-order chi connectivity index (χ0) is 6.24. The van der Waals surface area contributed by atoms with Crippen molar-refractivity contribution >= 4 is 11.8 Å². The minimum absolute atomic E-state index is 0.708. The molecular formula is C6H9NS. The molecular weight excluding hydrogens is 118 g/mol. The first-order valence-electron chi connectivity index (χ1n) is 2.34. The first-order chi connectivity index (χ1) is 3.91. The van der Waals surface area contributed by atoms with Gasteiger partial charge >= 0.3 is 0 Å². The number of allylic oxidation sites excluding steroid dienone is 1. The van der Waals surface area contributed by atoms with Gasteiger partial charge in [-0.1, -0.05) is 5.92 Å². The molecule has 8 heavy (non-hydrogen) atoms. The third-order valence-corrected chi connectivity index (χ3v) is 1.30. The third kappa shape index (κ3) is 5.61. The highest BCUT2D eigenvalue weighted by Gasteiger charge is 1.73. The average molecular weight is 127 g/mol. The average Bonchev–Trinajstić information content (AvgIpc) is 1.81. The predicted molar refractivity (Wildman–Crippen MR) is 39.5 cm³/mol. The summed E-state index contributed by atoms with van der Waals surface area (Å²) in [5.74, 6) is 3.33. The molecule has 0 atom stereocenters. The van der Waals surface area contributed by atoms with E-state index in [4.69, 9.17) is 12.2 Å². The zero-order valence-electron chi connectivity index (χ0n) is 4.63. The highest BCUT2D eigenvalue weighted by Crippen LogP contribution is 1.97. The van der Waals surface area contributed by atoms with E-state index in [1.54, 1.807) is 17.8 Å². The van der Waals surface area contributed by atoms with Crippen LogP contribution in [0.25, 0.3) is 0 Å². The Labute approximate surface area is 54.3 Å². The van der Waals surface area contributed by atoms with Crippen LogP contribution >= 0.6 is 11.8 Å². The van der Waals surface area contributed by atoms with Crippen LogP contribution < -0.4 is 5.73 Å². The van der Waals surface area contributed by atoms with Crippen molar-refractivity contribution in [3.63, 3.8) is 0 Å². The van der Waals surface area contributed by atoms with E-state index in [0.29, 0.717) is 6.54 Å². The van der Waals surface area contributed by atoms with Crippen LogP contribution in [0.1, 0.15) is 0 Å². The predicted octanol–water partition coefficient (Wildman–Crippen LogP) is 0.825. The standard InChI is InChI=1S/C6H9NS/c1-2-3-5-8-6-4-7/h1,3,5H,4,6-7H2. The van der Waals surface area contributed by atoms with Crippen molar-refractivity contribution in [3.05, 3.63) is 11.5 Å². The monoisotopic (exact) mass is 127 g/mol. The number of nitrogens with two attached hydrogens (primary N) is 1. The summed E-state index contributed by atoms with van der Waals surface area (Å²) in [6, 6.07) is 0. The van der Waals surface area contributed by atoms with Gasteiger partial charge in [-0.2, -0.15) is 0 Å². The molecule has 0 bridgehead atoms.